The van der Waals surface area contributed by atoms with Crippen LogP contribution in [0.2, 0.25) is 0 Å². The van der Waals surface area contributed by atoms with Crippen molar-refractivity contribution in [3.05, 3.63) is 29.8 Å². The van der Waals surface area contributed by atoms with E-state index in [4.69, 9.17) is 4.99 Å². The summed E-state index contributed by atoms with van der Waals surface area (Å²) < 4.78 is 0. The monoisotopic (exact) mass is 372 g/mol. The summed E-state index contributed by atoms with van der Waals surface area (Å²) in [5.74, 6) is 0.731. The van der Waals surface area contributed by atoms with Crippen LogP contribution in [-0.2, 0) is 4.79 Å². The number of benzene rings is 1. The highest BCUT2D eigenvalue weighted by Crippen LogP contribution is 2.27. The number of para-hydroxylation sites is 1. The average molecular weight is 373 g/mol. The molecule has 1 amide bonds. The number of rotatable bonds is 3. The number of anilines is 1. The van der Waals surface area contributed by atoms with Crippen molar-refractivity contribution >= 4 is 28.5 Å². The average Bonchev–Trinajstić information content (AvgIpc) is 3.10. The molecule has 1 N–H and O–H groups in total. The van der Waals surface area contributed by atoms with Gasteiger partial charge in [-0.25, -0.2) is 0 Å². The second kappa shape index (κ2) is 7.91. The zero-order chi connectivity index (χ0) is 17.9. The van der Waals surface area contributed by atoms with Gasteiger partial charge < -0.3 is 15.1 Å². The standard InChI is InChI=1S/C20H28N4OS/c1-15-6-2-5-9-18(15)23-10-12-24(13-11-23)19(25)14-26-20-21-16-7-3-4-8-17(16)22-20/h2,5-6,9,16-17H,3-4,7-8,10-14H2,1H3,(H,21,22)/t16-,17-/m0/s1. The number of nitrogens with one attached hydrogen (secondary N) is 1. The first-order valence-corrected chi connectivity index (χ1v) is 10.7. The Morgan fingerprint density at radius 1 is 1.19 bits per heavy atom. The lowest BCUT2D eigenvalue weighted by Gasteiger charge is -2.36. The predicted octanol–water partition coefficient (Wildman–Crippen LogP) is 2.65. The van der Waals surface area contributed by atoms with Crippen LogP contribution < -0.4 is 10.2 Å². The molecule has 2 atom stereocenters. The largest absolute Gasteiger partial charge is 0.368 e. The summed E-state index contributed by atoms with van der Waals surface area (Å²) in [7, 11) is 0. The molecule has 2 heterocycles. The van der Waals surface area contributed by atoms with Crippen molar-refractivity contribution in [3.8, 4) is 0 Å². The maximum absolute atomic E-state index is 12.6. The van der Waals surface area contributed by atoms with Gasteiger partial charge in [-0.2, -0.15) is 0 Å². The molecular formula is C20H28N4OS. The lowest BCUT2D eigenvalue weighted by atomic mass is 9.92. The Labute approximate surface area is 160 Å². The van der Waals surface area contributed by atoms with E-state index in [1.807, 2.05) is 4.90 Å². The van der Waals surface area contributed by atoms with Gasteiger partial charge in [0.2, 0.25) is 5.91 Å². The van der Waals surface area contributed by atoms with Crippen LogP contribution in [0.3, 0.4) is 0 Å². The molecule has 26 heavy (non-hydrogen) atoms. The fourth-order valence-corrected chi connectivity index (χ4v) is 5.08. The summed E-state index contributed by atoms with van der Waals surface area (Å²) >= 11 is 1.59. The number of carbonyl (C=O) groups is 1. The van der Waals surface area contributed by atoms with Crippen molar-refractivity contribution in [2.45, 2.75) is 44.7 Å². The van der Waals surface area contributed by atoms with Crippen LogP contribution in [-0.4, -0.2) is 60.0 Å². The molecule has 1 aromatic carbocycles. The SMILES string of the molecule is Cc1ccccc1N1CCN(C(=O)CSC2=N[C@H]3CCCC[C@@H]3N2)CC1. The van der Waals surface area contributed by atoms with E-state index in [2.05, 4.69) is 41.4 Å². The molecule has 1 saturated heterocycles. The third-order valence-corrected chi connectivity index (χ3v) is 6.63. The molecule has 0 aromatic heterocycles. The summed E-state index contributed by atoms with van der Waals surface area (Å²) in [4.78, 5) is 21.8. The van der Waals surface area contributed by atoms with Crippen molar-refractivity contribution in [2.24, 2.45) is 4.99 Å². The molecule has 0 bridgehead atoms. The molecule has 1 aromatic rings. The first kappa shape index (κ1) is 17.7. The minimum Gasteiger partial charge on any atom is -0.368 e. The number of aliphatic imine (C=N–C) groups is 1. The first-order chi connectivity index (χ1) is 12.7. The van der Waals surface area contributed by atoms with Crippen molar-refractivity contribution < 1.29 is 4.79 Å². The zero-order valence-corrected chi connectivity index (χ0v) is 16.3. The van der Waals surface area contributed by atoms with Crippen LogP contribution in [0, 0.1) is 6.92 Å². The summed E-state index contributed by atoms with van der Waals surface area (Å²) in [5.41, 5.74) is 2.59. The van der Waals surface area contributed by atoms with Gasteiger partial charge in [0.05, 0.1) is 17.8 Å². The Morgan fingerprint density at radius 2 is 1.96 bits per heavy atom. The number of piperazine rings is 1. The molecule has 2 aliphatic heterocycles. The van der Waals surface area contributed by atoms with Crippen molar-refractivity contribution in [1.82, 2.24) is 10.2 Å². The Morgan fingerprint density at radius 3 is 2.73 bits per heavy atom. The van der Waals surface area contributed by atoms with Crippen molar-refractivity contribution in [3.63, 3.8) is 0 Å². The Kier molecular flexibility index (Phi) is 5.38. The fourth-order valence-electron chi connectivity index (χ4n) is 4.20. The number of carbonyl (C=O) groups excluding carboxylic acids is 1. The van der Waals surface area contributed by atoms with Gasteiger partial charge in [-0.1, -0.05) is 42.8 Å². The lowest BCUT2D eigenvalue weighted by Crippen LogP contribution is -2.49. The number of fused-ring (bicyclic) bond motifs is 1. The van der Waals surface area contributed by atoms with Gasteiger partial charge in [0, 0.05) is 31.9 Å². The highest BCUT2D eigenvalue weighted by Gasteiger charge is 2.31. The molecule has 5 nitrogen and oxygen atoms in total. The van der Waals surface area contributed by atoms with Gasteiger partial charge in [0.15, 0.2) is 5.17 Å². The number of nitrogens with zero attached hydrogens (tertiary/aromatic N) is 3. The van der Waals surface area contributed by atoms with E-state index >= 15 is 0 Å². The summed E-state index contributed by atoms with van der Waals surface area (Å²) in [5, 5.41) is 4.50. The van der Waals surface area contributed by atoms with Gasteiger partial charge in [-0.15, -0.1) is 0 Å². The van der Waals surface area contributed by atoms with E-state index in [1.54, 1.807) is 11.8 Å². The normalized spacial score (nSPS) is 25.5. The molecule has 2 fully saturated rings. The molecule has 4 rings (SSSR count). The van der Waals surface area contributed by atoms with Crippen molar-refractivity contribution in [2.75, 3.05) is 36.8 Å². The molecule has 140 valence electrons. The second-order valence-corrected chi connectivity index (χ2v) is 8.44. The zero-order valence-electron chi connectivity index (χ0n) is 15.5. The van der Waals surface area contributed by atoms with Crippen LogP contribution in [0.15, 0.2) is 29.3 Å². The molecule has 0 spiro atoms. The van der Waals surface area contributed by atoms with Crippen LogP contribution in [0.4, 0.5) is 5.69 Å². The summed E-state index contributed by atoms with van der Waals surface area (Å²) in [6.07, 6.45) is 4.99. The Balaban J connectivity index is 1.25. The van der Waals surface area contributed by atoms with Gasteiger partial charge in [0.1, 0.15) is 0 Å². The van der Waals surface area contributed by atoms with E-state index in [9.17, 15) is 4.79 Å². The number of thioether (sulfide) groups is 1. The molecule has 3 aliphatic rings. The minimum absolute atomic E-state index is 0.235. The van der Waals surface area contributed by atoms with Crippen LogP contribution in [0.1, 0.15) is 31.2 Å². The van der Waals surface area contributed by atoms with Gasteiger partial charge >= 0.3 is 0 Å². The number of aryl methyl sites for hydroxylation is 1. The predicted molar refractivity (Wildman–Crippen MR) is 109 cm³/mol. The highest BCUT2D eigenvalue weighted by molar-refractivity contribution is 8.14. The van der Waals surface area contributed by atoms with E-state index in [1.165, 1.54) is 36.9 Å². The summed E-state index contributed by atoms with van der Waals surface area (Å²) in [6.45, 7) is 5.57. The molecule has 6 heteroatoms. The molecule has 0 radical (unpaired) electrons. The third kappa shape index (κ3) is 3.85. The van der Waals surface area contributed by atoms with E-state index in [0.29, 0.717) is 17.8 Å². The van der Waals surface area contributed by atoms with Gasteiger partial charge in [-0.3, -0.25) is 9.79 Å². The lowest BCUT2D eigenvalue weighted by molar-refractivity contribution is -0.128. The Hall–Kier alpha value is -1.69. The fraction of sp³-hybridized carbons (Fsp3) is 0.600. The van der Waals surface area contributed by atoms with E-state index in [-0.39, 0.29) is 5.91 Å². The number of hydrogen-bond acceptors (Lipinski definition) is 5. The number of amides is 1. The van der Waals surface area contributed by atoms with Crippen molar-refractivity contribution in [1.29, 1.82) is 0 Å². The van der Waals surface area contributed by atoms with Gasteiger partial charge in [-0.05, 0) is 31.4 Å². The van der Waals surface area contributed by atoms with Crippen LogP contribution >= 0.6 is 11.8 Å². The molecular weight excluding hydrogens is 344 g/mol. The maximum Gasteiger partial charge on any atom is 0.233 e. The molecule has 0 unspecified atom stereocenters. The minimum atomic E-state index is 0.235. The number of amidine groups is 1. The van der Waals surface area contributed by atoms with E-state index < -0.39 is 0 Å². The third-order valence-electron chi connectivity index (χ3n) is 5.74. The first-order valence-electron chi connectivity index (χ1n) is 9.76. The quantitative estimate of drug-likeness (QED) is 0.886. The molecule has 1 aliphatic carbocycles. The van der Waals surface area contributed by atoms with Crippen LogP contribution in [0.25, 0.3) is 0 Å². The van der Waals surface area contributed by atoms with E-state index in [0.717, 1.165) is 31.3 Å². The topological polar surface area (TPSA) is 47.9 Å². The maximum atomic E-state index is 12.6. The summed E-state index contributed by atoms with van der Waals surface area (Å²) in [6, 6.07) is 9.44. The van der Waals surface area contributed by atoms with Gasteiger partial charge in [0.25, 0.3) is 0 Å². The Bertz CT molecular complexity index is 684. The van der Waals surface area contributed by atoms with Crippen LogP contribution in [0.5, 0.6) is 0 Å². The second-order valence-electron chi connectivity index (χ2n) is 7.48. The number of hydrogen-bond donors (Lipinski definition) is 1. The highest BCUT2D eigenvalue weighted by atomic mass is 32.2. The molecule has 1 saturated carbocycles. The smallest absolute Gasteiger partial charge is 0.233 e.